The molecule has 1 aliphatic heterocycles. The van der Waals surface area contributed by atoms with Crippen LogP contribution in [0.4, 0.5) is 11.4 Å². The number of rotatable bonds is 3. The van der Waals surface area contributed by atoms with Crippen LogP contribution in [0.3, 0.4) is 0 Å². The first-order valence-corrected chi connectivity index (χ1v) is 6.73. The summed E-state index contributed by atoms with van der Waals surface area (Å²) in [6.45, 7) is 3.88. The first kappa shape index (κ1) is 12.2. The number of fused-ring (bicyclic) bond motifs is 1. The number of benzene rings is 1. The molecule has 19 heavy (non-hydrogen) atoms. The molecule has 1 aromatic heterocycles. The number of pyridine rings is 1. The smallest absolute Gasteiger partial charge is 0.0743 e. The molecular weight excluding hydrogens is 238 g/mol. The molecule has 0 amide bonds. The molecule has 0 aliphatic carbocycles. The second kappa shape index (κ2) is 5.05. The molecule has 1 aromatic carbocycles. The van der Waals surface area contributed by atoms with Gasteiger partial charge in [-0.1, -0.05) is 18.2 Å². The first-order chi connectivity index (χ1) is 9.25. The van der Waals surface area contributed by atoms with Gasteiger partial charge in [0.25, 0.3) is 0 Å². The van der Waals surface area contributed by atoms with Crippen LogP contribution in [0.15, 0.2) is 30.5 Å². The van der Waals surface area contributed by atoms with Crippen LogP contribution in [0.2, 0.25) is 0 Å². The summed E-state index contributed by atoms with van der Waals surface area (Å²) in [5.74, 6) is 0.548. The molecule has 100 valence electrons. The third kappa shape index (κ3) is 2.36. The number of aromatic nitrogens is 1. The van der Waals surface area contributed by atoms with Gasteiger partial charge in [0.15, 0.2) is 0 Å². The fourth-order valence-corrected chi connectivity index (χ4v) is 2.61. The van der Waals surface area contributed by atoms with Gasteiger partial charge in [-0.25, -0.2) is 0 Å². The highest BCUT2D eigenvalue weighted by Gasteiger charge is 2.23. The minimum Gasteiger partial charge on any atom is -0.396 e. The van der Waals surface area contributed by atoms with Crippen molar-refractivity contribution in [3.63, 3.8) is 0 Å². The molecule has 0 bridgehead atoms. The van der Waals surface area contributed by atoms with Crippen LogP contribution in [0, 0.1) is 5.92 Å². The van der Waals surface area contributed by atoms with Gasteiger partial charge in [-0.15, -0.1) is 0 Å². The second-order valence-corrected chi connectivity index (χ2v) is 5.16. The van der Waals surface area contributed by atoms with E-state index in [1.165, 1.54) is 0 Å². The quantitative estimate of drug-likeness (QED) is 0.887. The van der Waals surface area contributed by atoms with Gasteiger partial charge in [0.2, 0.25) is 0 Å². The van der Waals surface area contributed by atoms with Gasteiger partial charge in [-0.3, -0.25) is 4.98 Å². The van der Waals surface area contributed by atoms with Crippen LogP contribution in [0.5, 0.6) is 0 Å². The Kier molecular flexibility index (Phi) is 3.25. The number of anilines is 2. The Hall–Kier alpha value is -1.81. The molecule has 1 aliphatic rings. The Morgan fingerprint density at radius 3 is 3.05 bits per heavy atom. The Morgan fingerprint density at radius 2 is 2.26 bits per heavy atom. The predicted octanol–water partition coefficient (Wildman–Crippen LogP) is 2.65. The number of para-hydroxylation sites is 1. The van der Waals surface area contributed by atoms with E-state index in [0.717, 1.165) is 36.2 Å². The van der Waals surface area contributed by atoms with Crippen LogP contribution < -0.4 is 11.1 Å². The van der Waals surface area contributed by atoms with Gasteiger partial charge in [0, 0.05) is 24.0 Å². The average molecular weight is 257 g/mol. The lowest BCUT2D eigenvalue weighted by Gasteiger charge is -2.22. The van der Waals surface area contributed by atoms with Gasteiger partial charge in [0.1, 0.15) is 0 Å². The summed E-state index contributed by atoms with van der Waals surface area (Å²) in [4.78, 5) is 4.36. The van der Waals surface area contributed by atoms with Crippen molar-refractivity contribution in [1.29, 1.82) is 0 Å². The number of hydrogen-bond acceptors (Lipinski definition) is 4. The summed E-state index contributed by atoms with van der Waals surface area (Å²) in [5.41, 5.74) is 8.73. The van der Waals surface area contributed by atoms with E-state index in [4.69, 9.17) is 10.5 Å². The lowest BCUT2D eigenvalue weighted by molar-refractivity contribution is 0.183. The van der Waals surface area contributed by atoms with Gasteiger partial charge in [-0.05, 0) is 19.4 Å². The molecule has 0 radical (unpaired) electrons. The molecule has 2 aromatic rings. The molecule has 1 saturated heterocycles. The van der Waals surface area contributed by atoms with Gasteiger partial charge in [-0.2, -0.15) is 0 Å². The maximum Gasteiger partial charge on any atom is 0.0743 e. The van der Waals surface area contributed by atoms with Crippen molar-refractivity contribution in [3.8, 4) is 0 Å². The molecule has 2 atom stereocenters. The first-order valence-electron chi connectivity index (χ1n) is 6.73. The number of nitrogens with two attached hydrogens (primary N) is 1. The number of hydrogen-bond donors (Lipinski definition) is 2. The van der Waals surface area contributed by atoms with Crippen molar-refractivity contribution in [2.75, 3.05) is 24.3 Å². The minimum absolute atomic E-state index is 0.343. The van der Waals surface area contributed by atoms with Crippen LogP contribution in [0.25, 0.3) is 10.9 Å². The molecule has 4 nitrogen and oxygen atoms in total. The van der Waals surface area contributed by atoms with Crippen molar-refractivity contribution in [2.24, 2.45) is 5.92 Å². The van der Waals surface area contributed by atoms with E-state index in [1.54, 1.807) is 6.20 Å². The molecule has 0 saturated carbocycles. The highest BCUT2D eigenvalue weighted by molar-refractivity contribution is 5.96. The third-order valence-electron chi connectivity index (χ3n) is 3.85. The van der Waals surface area contributed by atoms with E-state index in [0.29, 0.717) is 17.6 Å². The maximum atomic E-state index is 6.08. The van der Waals surface area contributed by atoms with Crippen molar-refractivity contribution >= 4 is 22.3 Å². The summed E-state index contributed by atoms with van der Waals surface area (Å²) >= 11 is 0. The lowest BCUT2D eigenvalue weighted by Crippen LogP contribution is -2.26. The van der Waals surface area contributed by atoms with Crippen LogP contribution in [0.1, 0.15) is 13.3 Å². The predicted molar refractivity (Wildman–Crippen MR) is 78.2 cm³/mol. The minimum atomic E-state index is 0.343. The Bertz CT molecular complexity index is 579. The van der Waals surface area contributed by atoms with Gasteiger partial charge >= 0.3 is 0 Å². The number of ether oxygens (including phenoxy) is 1. The van der Waals surface area contributed by atoms with E-state index >= 15 is 0 Å². The zero-order chi connectivity index (χ0) is 13.2. The van der Waals surface area contributed by atoms with Crippen LogP contribution >= 0.6 is 0 Å². The van der Waals surface area contributed by atoms with Crippen LogP contribution in [-0.4, -0.2) is 24.2 Å². The summed E-state index contributed by atoms with van der Waals surface area (Å²) in [6.07, 6.45) is 2.83. The fourth-order valence-electron chi connectivity index (χ4n) is 2.61. The Morgan fingerprint density at radius 1 is 1.42 bits per heavy atom. The zero-order valence-electron chi connectivity index (χ0n) is 11.1. The van der Waals surface area contributed by atoms with E-state index in [-0.39, 0.29) is 0 Å². The monoisotopic (exact) mass is 257 g/mol. The fraction of sp³-hybridized carbons (Fsp3) is 0.400. The normalized spacial score (nSPS) is 20.6. The lowest BCUT2D eigenvalue weighted by atomic mass is 10.00. The van der Waals surface area contributed by atoms with Crippen molar-refractivity contribution in [1.82, 2.24) is 4.98 Å². The SMILES string of the molecule is CC(Nc1c(N)cnc2ccccc12)C1CCOC1. The van der Waals surface area contributed by atoms with E-state index in [1.807, 2.05) is 18.2 Å². The average Bonchev–Trinajstić information content (AvgIpc) is 2.96. The van der Waals surface area contributed by atoms with Crippen molar-refractivity contribution < 1.29 is 4.74 Å². The summed E-state index contributed by atoms with van der Waals surface area (Å²) < 4.78 is 5.45. The standard InChI is InChI=1S/C15H19N3O/c1-10(11-6-7-19-9-11)18-15-12-4-2-3-5-14(12)17-8-13(15)16/h2-5,8,10-11H,6-7,9,16H2,1H3,(H,17,18). The molecule has 4 heteroatoms. The summed E-state index contributed by atoms with van der Waals surface area (Å²) in [6, 6.07) is 8.40. The Balaban J connectivity index is 1.92. The van der Waals surface area contributed by atoms with Crippen molar-refractivity contribution in [3.05, 3.63) is 30.5 Å². The van der Waals surface area contributed by atoms with E-state index in [2.05, 4.69) is 23.3 Å². The van der Waals surface area contributed by atoms with Crippen molar-refractivity contribution in [2.45, 2.75) is 19.4 Å². The number of nitrogen functional groups attached to an aromatic ring is 1. The van der Waals surface area contributed by atoms with Gasteiger partial charge in [0.05, 0.1) is 29.7 Å². The molecule has 0 spiro atoms. The largest absolute Gasteiger partial charge is 0.396 e. The second-order valence-electron chi connectivity index (χ2n) is 5.16. The number of nitrogens with zero attached hydrogens (tertiary/aromatic N) is 1. The molecule has 3 rings (SSSR count). The van der Waals surface area contributed by atoms with Gasteiger partial charge < -0.3 is 15.8 Å². The maximum absolute atomic E-state index is 6.08. The van der Waals surface area contributed by atoms with E-state index in [9.17, 15) is 0 Å². The van der Waals surface area contributed by atoms with E-state index < -0.39 is 0 Å². The summed E-state index contributed by atoms with van der Waals surface area (Å²) in [7, 11) is 0. The topological polar surface area (TPSA) is 60.2 Å². The highest BCUT2D eigenvalue weighted by Crippen LogP contribution is 2.30. The molecule has 3 N–H and O–H groups in total. The summed E-state index contributed by atoms with van der Waals surface area (Å²) in [5, 5.41) is 4.63. The molecule has 1 fully saturated rings. The zero-order valence-corrected chi connectivity index (χ0v) is 11.1. The number of nitrogens with one attached hydrogen (secondary N) is 1. The van der Waals surface area contributed by atoms with Crippen LogP contribution in [-0.2, 0) is 4.74 Å². The third-order valence-corrected chi connectivity index (χ3v) is 3.85. The Labute approximate surface area is 113 Å². The molecule has 2 unspecified atom stereocenters. The molecular formula is C15H19N3O. The highest BCUT2D eigenvalue weighted by atomic mass is 16.5. The molecule has 2 heterocycles.